The van der Waals surface area contributed by atoms with Gasteiger partial charge in [0.05, 0.1) is 24.9 Å². The molecule has 7 nitrogen and oxygen atoms in total. The zero-order valence-corrected chi connectivity index (χ0v) is 9.79. The predicted octanol–water partition coefficient (Wildman–Crippen LogP) is 0.414. The van der Waals surface area contributed by atoms with Gasteiger partial charge in [-0.15, -0.1) is 0 Å². The van der Waals surface area contributed by atoms with Crippen LogP contribution in [0, 0.1) is 5.92 Å². The van der Waals surface area contributed by atoms with E-state index in [1.54, 1.807) is 6.92 Å². The van der Waals surface area contributed by atoms with Crippen LogP contribution in [0.3, 0.4) is 0 Å². The lowest BCUT2D eigenvalue weighted by Gasteiger charge is -2.10. The van der Waals surface area contributed by atoms with Gasteiger partial charge in [-0.25, -0.2) is 0 Å². The van der Waals surface area contributed by atoms with Crippen LogP contribution in [0.1, 0.15) is 33.1 Å². The van der Waals surface area contributed by atoms with Crippen LogP contribution >= 0.6 is 0 Å². The lowest BCUT2D eigenvalue weighted by molar-refractivity contribution is -0.145. The number of carboxylic acids is 3. The molecule has 0 aliphatic heterocycles. The van der Waals surface area contributed by atoms with Crippen molar-refractivity contribution in [1.29, 1.82) is 0 Å². The van der Waals surface area contributed by atoms with E-state index < -0.39 is 29.9 Å². The largest absolute Gasteiger partial charge is 0.481 e. The summed E-state index contributed by atoms with van der Waals surface area (Å²) >= 11 is 0. The van der Waals surface area contributed by atoms with E-state index in [1.807, 2.05) is 0 Å². The Balaban J connectivity index is 0. The van der Waals surface area contributed by atoms with Crippen LogP contribution < -0.4 is 0 Å². The van der Waals surface area contributed by atoms with Gasteiger partial charge in [0.2, 0.25) is 0 Å². The van der Waals surface area contributed by atoms with Gasteiger partial charge in [0.15, 0.2) is 0 Å². The molecule has 0 saturated carbocycles. The molecular weight excluding hydrogens is 232 g/mol. The molecule has 0 amide bonds. The Morgan fingerprint density at radius 1 is 1.00 bits per heavy atom. The van der Waals surface area contributed by atoms with E-state index in [2.05, 4.69) is 0 Å². The molecule has 100 valence electrons. The van der Waals surface area contributed by atoms with Crippen molar-refractivity contribution in [3.8, 4) is 0 Å². The van der Waals surface area contributed by atoms with E-state index in [-0.39, 0.29) is 12.8 Å². The van der Waals surface area contributed by atoms with Gasteiger partial charge in [0, 0.05) is 0 Å². The summed E-state index contributed by atoms with van der Waals surface area (Å²) in [7, 11) is 0. The predicted molar refractivity (Wildman–Crippen MR) is 57.6 cm³/mol. The first-order chi connectivity index (χ1) is 7.72. The summed E-state index contributed by atoms with van der Waals surface area (Å²) < 4.78 is 0. The van der Waals surface area contributed by atoms with Crippen LogP contribution in [0.4, 0.5) is 0 Å². The van der Waals surface area contributed by atoms with Crippen molar-refractivity contribution in [2.75, 3.05) is 0 Å². The lowest BCUT2D eigenvalue weighted by atomic mass is 10.0. The van der Waals surface area contributed by atoms with E-state index in [0.717, 1.165) is 0 Å². The van der Waals surface area contributed by atoms with Crippen LogP contribution in [0.25, 0.3) is 0 Å². The number of carbonyl (C=O) groups is 3. The minimum atomic E-state index is -1.08. The molecule has 0 aromatic carbocycles. The molecule has 0 saturated heterocycles. The third-order valence-electron chi connectivity index (χ3n) is 1.94. The molecule has 0 heterocycles. The van der Waals surface area contributed by atoms with Crippen LogP contribution in [0.2, 0.25) is 0 Å². The molecular formula is C10H18O7. The summed E-state index contributed by atoms with van der Waals surface area (Å²) in [6, 6.07) is 0. The molecule has 0 radical (unpaired) electrons. The average Bonchev–Trinajstić information content (AvgIpc) is 2.24. The lowest BCUT2D eigenvalue weighted by Crippen LogP contribution is -2.24. The highest BCUT2D eigenvalue weighted by atomic mass is 16.4. The standard InChI is InChI=1S/C6H12O3.C4H6O4/c1-3-5(7)4(2)6(8)9;5-3(6)1-2-4(7)8/h4-5,7H,3H2,1-2H3,(H,8,9);1-2H2,(H,5,6)(H,7,8). The van der Waals surface area contributed by atoms with E-state index >= 15 is 0 Å². The summed E-state index contributed by atoms with van der Waals surface area (Å²) in [5.74, 6) is -3.74. The molecule has 0 aromatic heterocycles. The molecule has 7 heteroatoms. The molecule has 4 N–H and O–H groups in total. The van der Waals surface area contributed by atoms with Gasteiger partial charge in [-0.05, 0) is 13.3 Å². The molecule has 0 rings (SSSR count). The van der Waals surface area contributed by atoms with Gasteiger partial charge in [-0.2, -0.15) is 0 Å². The Kier molecular flexibility index (Phi) is 10.0. The second-order valence-electron chi connectivity index (χ2n) is 3.39. The Morgan fingerprint density at radius 2 is 1.35 bits per heavy atom. The SMILES string of the molecule is CCC(O)C(C)C(=O)O.O=C(O)CCC(=O)O. The maximum atomic E-state index is 10.1. The second kappa shape index (κ2) is 9.59. The topological polar surface area (TPSA) is 132 Å². The van der Waals surface area contributed by atoms with Crippen molar-refractivity contribution < 1.29 is 34.8 Å². The molecule has 0 bridgehead atoms. The van der Waals surface area contributed by atoms with Gasteiger partial charge in [-0.3, -0.25) is 14.4 Å². The Hall–Kier alpha value is -1.63. The zero-order valence-electron chi connectivity index (χ0n) is 9.79. The van der Waals surface area contributed by atoms with Crippen LogP contribution in [-0.2, 0) is 14.4 Å². The maximum absolute atomic E-state index is 10.1. The highest BCUT2D eigenvalue weighted by molar-refractivity contribution is 5.75. The van der Waals surface area contributed by atoms with Crippen molar-refractivity contribution >= 4 is 17.9 Å². The third kappa shape index (κ3) is 12.3. The number of hydrogen-bond acceptors (Lipinski definition) is 4. The van der Waals surface area contributed by atoms with Crippen LogP contribution in [-0.4, -0.2) is 44.4 Å². The van der Waals surface area contributed by atoms with Crippen molar-refractivity contribution in [2.45, 2.75) is 39.2 Å². The summed E-state index contributed by atoms with van der Waals surface area (Å²) in [6.07, 6.45) is -0.805. The fraction of sp³-hybridized carbons (Fsp3) is 0.700. The van der Waals surface area contributed by atoms with Crippen molar-refractivity contribution in [3.63, 3.8) is 0 Å². The Bertz CT molecular complexity index is 247. The van der Waals surface area contributed by atoms with Gasteiger partial charge >= 0.3 is 17.9 Å². The van der Waals surface area contributed by atoms with Gasteiger partial charge in [-0.1, -0.05) is 6.92 Å². The smallest absolute Gasteiger partial charge is 0.308 e. The Morgan fingerprint density at radius 3 is 1.47 bits per heavy atom. The molecule has 0 fully saturated rings. The van der Waals surface area contributed by atoms with E-state index in [9.17, 15) is 14.4 Å². The molecule has 17 heavy (non-hydrogen) atoms. The first-order valence-corrected chi connectivity index (χ1v) is 5.06. The summed E-state index contributed by atoms with van der Waals surface area (Å²) in [6.45, 7) is 3.25. The van der Waals surface area contributed by atoms with Crippen LogP contribution in [0.5, 0.6) is 0 Å². The van der Waals surface area contributed by atoms with E-state index in [0.29, 0.717) is 6.42 Å². The average molecular weight is 250 g/mol. The zero-order chi connectivity index (χ0) is 14.0. The second-order valence-corrected chi connectivity index (χ2v) is 3.39. The van der Waals surface area contributed by atoms with Crippen molar-refractivity contribution in [1.82, 2.24) is 0 Å². The highest BCUT2D eigenvalue weighted by Crippen LogP contribution is 2.05. The molecule has 0 aromatic rings. The molecule has 2 atom stereocenters. The number of aliphatic hydroxyl groups is 1. The number of aliphatic carboxylic acids is 3. The first kappa shape index (κ1) is 17.8. The highest BCUT2D eigenvalue weighted by Gasteiger charge is 2.18. The van der Waals surface area contributed by atoms with Crippen LogP contribution in [0.15, 0.2) is 0 Å². The maximum Gasteiger partial charge on any atom is 0.308 e. The molecule has 0 spiro atoms. The van der Waals surface area contributed by atoms with E-state index in [4.69, 9.17) is 20.4 Å². The fourth-order valence-corrected chi connectivity index (χ4v) is 0.732. The number of hydrogen-bond donors (Lipinski definition) is 4. The van der Waals surface area contributed by atoms with Gasteiger partial charge in [0.1, 0.15) is 0 Å². The molecule has 2 unspecified atom stereocenters. The minimum Gasteiger partial charge on any atom is -0.481 e. The van der Waals surface area contributed by atoms with Crippen molar-refractivity contribution in [2.24, 2.45) is 5.92 Å². The van der Waals surface area contributed by atoms with E-state index in [1.165, 1.54) is 6.92 Å². The first-order valence-electron chi connectivity index (χ1n) is 5.06. The monoisotopic (exact) mass is 250 g/mol. The third-order valence-corrected chi connectivity index (χ3v) is 1.94. The normalized spacial score (nSPS) is 12.9. The summed E-state index contributed by atoms with van der Waals surface area (Å²) in [5.41, 5.74) is 0. The molecule has 0 aliphatic carbocycles. The van der Waals surface area contributed by atoms with Gasteiger partial charge < -0.3 is 20.4 Å². The summed E-state index contributed by atoms with van der Waals surface area (Å²) in [5, 5.41) is 33.0. The summed E-state index contributed by atoms with van der Waals surface area (Å²) in [4.78, 5) is 29.4. The number of rotatable bonds is 6. The minimum absolute atomic E-state index is 0.296. The van der Waals surface area contributed by atoms with Crippen molar-refractivity contribution in [3.05, 3.63) is 0 Å². The Labute approximate surface area is 98.7 Å². The fourth-order valence-electron chi connectivity index (χ4n) is 0.732. The number of aliphatic hydroxyl groups excluding tert-OH is 1. The molecule has 0 aliphatic rings. The quantitative estimate of drug-likeness (QED) is 0.536. The number of carboxylic acid groups (broad SMARTS) is 3. The van der Waals surface area contributed by atoms with Gasteiger partial charge in [0.25, 0.3) is 0 Å².